The zero-order chi connectivity index (χ0) is 13.2. The fourth-order valence-electron chi connectivity index (χ4n) is 1.97. The molecule has 0 radical (unpaired) electrons. The van der Waals surface area contributed by atoms with Crippen molar-refractivity contribution in [3.63, 3.8) is 0 Å². The van der Waals surface area contributed by atoms with Crippen molar-refractivity contribution in [2.75, 3.05) is 0 Å². The minimum atomic E-state index is -0.826. The van der Waals surface area contributed by atoms with Crippen molar-refractivity contribution in [2.24, 2.45) is 0 Å². The molecule has 0 unspecified atom stereocenters. The molecule has 0 saturated heterocycles. The molecule has 3 rings (SSSR count). The Morgan fingerprint density at radius 1 is 1.26 bits per heavy atom. The van der Waals surface area contributed by atoms with Gasteiger partial charge in [0.1, 0.15) is 5.82 Å². The van der Waals surface area contributed by atoms with E-state index in [-0.39, 0.29) is 6.42 Å². The van der Waals surface area contributed by atoms with Gasteiger partial charge >= 0.3 is 5.97 Å². The van der Waals surface area contributed by atoms with Crippen LogP contribution in [-0.2, 0) is 11.2 Å². The maximum Gasteiger partial charge on any atom is 0.303 e. The molecular formula is C13H11N3O2S. The molecule has 2 aromatic heterocycles. The first-order chi connectivity index (χ1) is 9.25. The summed E-state index contributed by atoms with van der Waals surface area (Å²) in [6, 6.07) is 9.94. The molecule has 5 nitrogen and oxygen atoms in total. The first-order valence-corrected chi connectivity index (χ1v) is 6.72. The number of aryl methyl sites for hydroxylation is 1. The maximum absolute atomic E-state index is 10.7. The quantitative estimate of drug-likeness (QED) is 0.793. The number of carboxylic acid groups (broad SMARTS) is 1. The Morgan fingerprint density at radius 2 is 2.05 bits per heavy atom. The van der Waals surface area contributed by atoms with Crippen molar-refractivity contribution in [1.82, 2.24) is 14.6 Å². The highest BCUT2D eigenvalue weighted by molar-refractivity contribution is 7.15. The average Bonchev–Trinajstić information content (AvgIpc) is 2.99. The third-order valence-corrected chi connectivity index (χ3v) is 3.67. The van der Waals surface area contributed by atoms with Gasteiger partial charge in [-0.1, -0.05) is 30.3 Å². The lowest BCUT2D eigenvalue weighted by atomic mass is 10.2. The van der Waals surface area contributed by atoms with Gasteiger partial charge in [0, 0.05) is 11.8 Å². The Hall–Kier alpha value is -2.21. The van der Waals surface area contributed by atoms with Gasteiger partial charge in [-0.15, -0.1) is 21.5 Å². The number of hydrogen-bond acceptors (Lipinski definition) is 4. The van der Waals surface area contributed by atoms with E-state index in [0.29, 0.717) is 12.2 Å². The second-order valence-electron chi connectivity index (χ2n) is 4.11. The van der Waals surface area contributed by atoms with Gasteiger partial charge in [-0.2, -0.15) is 0 Å². The van der Waals surface area contributed by atoms with Crippen molar-refractivity contribution >= 4 is 22.3 Å². The molecule has 0 aliphatic rings. The molecule has 0 saturated carbocycles. The molecule has 6 heteroatoms. The number of rotatable bonds is 4. The highest BCUT2D eigenvalue weighted by Crippen LogP contribution is 2.26. The Labute approximate surface area is 113 Å². The minimum absolute atomic E-state index is 0.0604. The van der Waals surface area contributed by atoms with E-state index in [1.165, 1.54) is 11.3 Å². The van der Waals surface area contributed by atoms with E-state index < -0.39 is 5.97 Å². The molecule has 0 bridgehead atoms. The predicted molar refractivity (Wildman–Crippen MR) is 72.3 cm³/mol. The topological polar surface area (TPSA) is 67.5 Å². The van der Waals surface area contributed by atoms with Crippen LogP contribution in [0.5, 0.6) is 0 Å². The second-order valence-corrected chi connectivity index (χ2v) is 4.95. The summed E-state index contributed by atoms with van der Waals surface area (Å²) in [5.74, 6) is -0.134. The lowest BCUT2D eigenvalue weighted by Crippen LogP contribution is -2.02. The summed E-state index contributed by atoms with van der Waals surface area (Å²) in [5, 5.41) is 18.9. The smallest absolute Gasteiger partial charge is 0.303 e. The molecule has 0 aliphatic heterocycles. The number of carbonyl (C=O) groups is 1. The molecular weight excluding hydrogens is 262 g/mol. The van der Waals surface area contributed by atoms with Crippen molar-refractivity contribution in [2.45, 2.75) is 12.8 Å². The summed E-state index contributed by atoms with van der Waals surface area (Å²) in [5.41, 5.74) is 2.08. The van der Waals surface area contributed by atoms with Crippen LogP contribution in [0, 0.1) is 0 Å². The van der Waals surface area contributed by atoms with Gasteiger partial charge < -0.3 is 5.11 Å². The molecule has 1 N–H and O–H groups in total. The van der Waals surface area contributed by atoms with Gasteiger partial charge in [0.15, 0.2) is 0 Å². The molecule has 19 heavy (non-hydrogen) atoms. The highest BCUT2D eigenvalue weighted by atomic mass is 32.1. The molecule has 0 atom stereocenters. The molecule has 1 aromatic carbocycles. The molecule has 0 amide bonds. The fraction of sp³-hybridized carbons (Fsp3) is 0.154. The lowest BCUT2D eigenvalue weighted by Gasteiger charge is -2.01. The van der Waals surface area contributed by atoms with E-state index >= 15 is 0 Å². The average molecular weight is 273 g/mol. The molecule has 3 aromatic rings. The normalized spacial score (nSPS) is 10.9. The minimum Gasteiger partial charge on any atom is -0.481 e. The number of aliphatic carboxylic acids is 1. The van der Waals surface area contributed by atoms with Crippen LogP contribution in [-0.4, -0.2) is 25.7 Å². The first kappa shape index (κ1) is 11.9. The number of hydrogen-bond donors (Lipinski definition) is 1. The van der Waals surface area contributed by atoms with E-state index in [9.17, 15) is 4.79 Å². The lowest BCUT2D eigenvalue weighted by molar-refractivity contribution is -0.137. The Morgan fingerprint density at radius 3 is 2.79 bits per heavy atom. The van der Waals surface area contributed by atoms with Gasteiger partial charge in [-0.25, -0.2) is 0 Å². The number of aromatic nitrogens is 3. The van der Waals surface area contributed by atoms with E-state index in [1.54, 1.807) is 0 Å². The van der Waals surface area contributed by atoms with E-state index in [2.05, 4.69) is 10.2 Å². The van der Waals surface area contributed by atoms with Crippen molar-refractivity contribution in [3.05, 3.63) is 41.5 Å². The summed E-state index contributed by atoms with van der Waals surface area (Å²) < 4.78 is 1.93. The molecule has 2 heterocycles. The summed E-state index contributed by atoms with van der Waals surface area (Å²) in [4.78, 5) is 11.5. The van der Waals surface area contributed by atoms with Crippen molar-refractivity contribution in [1.29, 1.82) is 0 Å². The maximum atomic E-state index is 10.7. The summed E-state index contributed by atoms with van der Waals surface area (Å²) in [7, 11) is 0. The molecule has 0 spiro atoms. The van der Waals surface area contributed by atoms with E-state index in [4.69, 9.17) is 5.11 Å². The number of nitrogens with zero attached hydrogens (tertiary/aromatic N) is 3. The Balaban J connectivity index is 2.06. The van der Waals surface area contributed by atoms with Crippen LogP contribution in [0.1, 0.15) is 12.2 Å². The highest BCUT2D eigenvalue weighted by Gasteiger charge is 2.13. The van der Waals surface area contributed by atoms with Crippen LogP contribution in [0.15, 0.2) is 35.7 Å². The Kier molecular flexibility index (Phi) is 3.00. The van der Waals surface area contributed by atoms with Crippen LogP contribution in [0.4, 0.5) is 0 Å². The molecule has 0 aliphatic carbocycles. The molecule has 96 valence electrons. The van der Waals surface area contributed by atoms with Gasteiger partial charge in [0.05, 0.1) is 12.1 Å². The van der Waals surface area contributed by atoms with Crippen LogP contribution < -0.4 is 0 Å². The summed E-state index contributed by atoms with van der Waals surface area (Å²) in [6.07, 6.45) is 0.442. The zero-order valence-corrected chi connectivity index (χ0v) is 10.8. The van der Waals surface area contributed by atoms with Crippen LogP contribution in [0.2, 0.25) is 0 Å². The number of benzene rings is 1. The number of fused-ring (bicyclic) bond motifs is 1. The van der Waals surface area contributed by atoms with Crippen LogP contribution in [0.3, 0.4) is 0 Å². The van der Waals surface area contributed by atoms with Crippen molar-refractivity contribution in [3.8, 4) is 11.3 Å². The third kappa shape index (κ3) is 2.22. The third-order valence-electron chi connectivity index (χ3n) is 2.85. The first-order valence-electron chi connectivity index (χ1n) is 5.84. The monoisotopic (exact) mass is 273 g/mol. The molecule has 0 fully saturated rings. The van der Waals surface area contributed by atoms with Gasteiger partial charge in [-0.3, -0.25) is 9.20 Å². The summed E-state index contributed by atoms with van der Waals surface area (Å²) in [6.45, 7) is 0. The fourth-order valence-corrected chi connectivity index (χ4v) is 2.82. The SMILES string of the molecule is O=C(O)CCc1nnc2scc(-c3ccccc3)n12. The Bertz CT molecular complexity index is 718. The van der Waals surface area contributed by atoms with E-state index in [0.717, 1.165) is 16.2 Å². The van der Waals surface area contributed by atoms with Gasteiger partial charge in [0.25, 0.3) is 0 Å². The van der Waals surface area contributed by atoms with Gasteiger partial charge in [-0.05, 0) is 5.56 Å². The van der Waals surface area contributed by atoms with Gasteiger partial charge in [0.2, 0.25) is 4.96 Å². The van der Waals surface area contributed by atoms with Crippen molar-refractivity contribution < 1.29 is 9.90 Å². The number of thiazole rings is 1. The zero-order valence-electron chi connectivity index (χ0n) is 9.98. The summed E-state index contributed by atoms with van der Waals surface area (Å²) >= 11 is 1.51. The van der Waals surface area contributed by atoms with E-state index in [1.807, 2.05) is 40.1 Å². The largest absolute Gasteiger partial charge is 0.481 e. The predicted octanol–water partition coefficient (Wildman–Crippen LogP) is 2.48. The second kappa shape index (κ2) is 4.81. The standard InChI is InChI=1S/C13H11N3O2S/c17-12(18)7-6-11-14-15-13-16(11)10(8-19-13)9-4-2-1-3-5-9/h1-5,8H,6-7H2,(H,17,18). The number of carboxylic acids is 1. The van der Waals surface area contributed by atoms with Crippen LogP contribution >= 0.6 is 11.3 Å². The van der Waals surface area contributed by atoms with Crippen LogP contribution in [0.25, 0.3) is 16.2 Å².